The van der Waals surface area contributed by atoms with Crippen LogP contribution in [0.15, 0.2) is 0 Å². The van der Waals surface area contributed by atoms with Crippen LogP contribution in [0.2, 0.25) is 0 Å². The third-order valence-electron chi connectivity index (χ3n) is 2.63. The lowest BCUT2D eigenvalue weighted by molar-refractivity contribution is 0.102. The Kier molecular flexibility index (Phi) is 4.90. The summed E-state index contributed by atoms with van der Waals surface area (Å²) < 4.78 is 5.58. The lowest BCUT2D eigenvalue weighted by atomic mass is 10.1. The van der Waals surface area contributed by atoms with E-state index in [4.69, 9.17) is 4.74 Å². The zero-order chi connectivity index (χ0) is 10.4. The van der Waals surface area contributed by atoms with Crippen molar-refractivity contribution in [1.29, 1.82) is 0 Å². The molecule has 1 N–H and O–H groups in total. The standard InChI is InChI=1S/C12H25NO/c1-12(2,3)13-9-5-4-7-11-8-6-10-14-11/h11,13H,4-10H2,1-3H3. The van der Waals surface area contributed by atoms with E-state index in [9.17, 15) is 0 Å². The molecule has 0 spiro atoms. The first kappa shape index (κ1) is 12.0. The molecule has 2 heteroatoms. The number of nitrogens with one attached hydrogen (secondary N) is 1. The second-order valence-electron chi connectivity index (χ2n) is 5.31. The van der Waals surface area contributed by atoms with Gasteiger partial charge in [0.25, 0.3) is 0 Å². The zero-order valence-corrected chi connectivity index (χ0v) is 9.94. The molecule has 1 atom stereocenters. The third kappa shape index (κ3) is 5.61. The van der Waals surface area contributed by atoms with Gasteiger partial charge in [-0.2, -0.15) is 0 Å². The van der Waals surface area contributed by atoms with Crippen molar-refractivity contribution in [2.45, 2.75) is 64.5 Å². The number of hydrogen-bond donors (Lipinski definition) is 1. The van der Waals surface area contributed by atoms with Gasteiger partial charge in [-0.05, 0) is 59.4 Å². The lowest BCUT2D eigenvalue weighted by Gasteiger charge is -2.20. The highest BCUT2D eigenvalue weighted by atomic mass is 16.5. The van der Waals surface area contributed by atoms with E-state index in [1.54, 1.807) is 0 Å². The monoisotopic (exact) mass is 199 g/mol. The summed E-state index contributed by atoms with van der Waals surface area (Å²) in [5.41, 5.74) is 0.268. The number of rotatable bonds is 5. The summed E-state index contributed by atoms with van der Waals surface area (Å²) in [5, 5.41) is 3.51. The van der Waals surface area contributed by atoms with Gasteiger partial charge in [-0.3, -0.25) is 0 Å². The van der Waals surface area contributed by atoms with E-state index in [0.717, 1.165) is 13.2 Å². The van der Waals surface area contributed by atoms with Gasteiger partial charge in [-0.25, -0.2) is 0 Å². The molecule has 14 heavy (non-hydrogen) atoms. The average molecular weight is 199 g/mol. The fourth-order valence-electron chi connectivity index (χ4n) is 1.83. The van der Waals surface area contributed by atoms with Crippen LogP contribution < -0.4 is 5.32 Å². The Labute approximate surface area is 88.4 Å². The largest absolute Gasteiger partial charge is 0.378 e. The van der Waals surface area contributed by atoms with Crippen LogP contribution in [-0.4, -0.2) is 24.8 Å². The van der Waals surface area contributed by atoms with Crippen LogP contribution in [-0.2, 0) is 4.74 Å². The maximum Gasteiger partial charge on any atom is 0.0576 e. The van der Waals surface area contributed by atoms with Crippen molar-refractivity contribution in [2.75, 3.05) is 13.2 Å². The highest BCUT2D eigenvalue weighted by molar-refractivity contribution is 4.70. The van der Waals surface area contributed by atoms with Gasteiger partial charge in [0.2, 0.25) is 0 Å². The van der Waals surface area contributed by atoms with Crippen molar-refractivity contribution >= 4 is 0 Å². The molecule has 1 rings (SSSR count). The first-order valence-corrected chi connectivity index (χ1v) is 5.94. The maximum absolute atomic E-state index is 5.58. The molecule has 84 valence electrons. The topological polar surface area (TPSA) is 21.3 Å². The van der Waals surface area contributed by atoms with E-state index in [-0.39, 0.29) is 5.54 Å². The maximum atomic E-state index is 5.58. The minimum absolute atomic E-state index is 0.268. The second-order valence-corrected chi connectivity index (χ2v) is 5.31. The SMILES string of the molecule is CC(C)(C)NCCCCC1CCCO1. The highest BCUT2D eigenvalue weighted by Gasteiger charge is 2.14. The van der Waals surface area contributed by atoms with Crippen LogP contribution >= 0.6 is 0 Å². The number of ether oxygens (including phenoxy) is 1. The molecule has 0 amide bonds. The minimum Gasteiger partial charge on any atom is -0.378 e. The van der Waals surface area contributed by atoms with Crippen molar-refractivity contribution in [3.8, 4) is 0 Å². The van der Waals surface area contributed by atoms with E-state index < -0.39 is 0 Å². The van der Waals surface area contributed by atoms with Crippen LogP contribution in [0.4, 0.5) is 0 Å². The Hall–Kier alpha value is -0.0800. The van der Waals surface area contributed by atoms with Gasteiger partial charge in [0.1, 0.15) is 0 Å². The van der Waals surface area contributed by atoms with Gasteiger partial charge in [0.15, 0.2) is 0 Å². The Morgan fingerprint density at radius 2 is 2.07 bits per heavy atom. The van der Waals surface area contributed by atoms with Gasteiger partial charge in [0, 0.05) is 12.1 Å². The molecule has 2 nitrogen and oxygen atoms in total. The van der Waals surface area contributed by atoms with Crippen LogP contribution in [0.25, 0.3) is 0 Å². The molecule has 1 aliphatic heterocycles. The molecule has 0 aromatic carbocycles. The summed E-state index contributed by atoms with van der Waals surface area (Å²) in [6, 6.07) is 0. The predicted octanol–water partition coefficient (Wildman–Crippen LogP) is 2.72. The molecule has 1 unspecified atom stereocenters. The molecule has 1 saturated heterocycles. The van der Waals surface area contributed by atoms with Gasteiger partial charge >= 0.3 is 0 Å². The Morgan fingerprint density at radius 1 is 1.29 bits per heavy atom. The van der Waals surface area contributed by atoms with Crippen LogP contribution in [0.3, 0.4) is 0 Å². The Morgan fingerprint density at radius 3 is 2.64 bits per heavy atom. The van der Waals surface area contributed by atoms with E-state index in [0.29, 0.717) is 6.10 Å². The van der Waals surface area contributed by atoms with Gasteiger partial charge < -0.3 is 10.1 Å². The van der Waals surface area contributed by atoms with E-state index in [1.807, 2.05) is 0 Å². The van der Waals surface area contributed by atoms with Crippen molar-refractivity contribution < 1.29 is 4.74 Å². The summed E-state index contributed by atoms with van der Waals surface area (Å²) in [7, 11) is 0. The highest BCUT2D eigenvalue weighted by Crippen LogP contribution is 2.17. The normalized spacial score (nSPS) is 22.9. The van der Waals surface area contributed by atoms with Gasteiger partial charge in [0.05, 0.1) is 6.10 Å². The summed E-state index contributed by atoms with van der Waals surface area (Å²) in [6.45, 7) is 8.77. The van der Waals surface area contributed by atoms with Crippen molar-refractivity contribution in [3.63, 3.8) is 0 Å². The van der Waals surface area contributed by atoms with E-state index in [1.165, 1.54) is 32.1 Å². The van der Waals surface area contributed by atoms with Crippen LogP contribution in [0.1, 0.15) is 52.9 Å². The molecule has 0 bridgehead atoms. The van der Waals surface area contributed by atoms with E-state index >= 15 is 0 Å². The predicted molar refractivity (Wildman–Crippen MR) is 60.6 cm³/mol. The third-order valence-corrected chi connectivity index (χ3v) is 2.63. The summed E-state index contributed by atoms with van der Waals surface area (Å²) >= 11 is 0. The Balaban J connectivity index is 1.89. The van der Waals surface area contributed by atoms with Crippen LogP contribution in [0, 0.1) is 0 Å². The van der Waals surface area contributed by atoms with Crippen molar-refractivity contribution in [3.05, 3.63) is 0 Å². The molecule has 0 aromatic heterocycles. The molecule has 0 saturated carbocycles. The smallest absolute Gasteiger partial charge is 0.0576 e. The molecular formula is C12H25NO. The molecule has 0 radical (unpaired) electrons. The molecule has 0 aromatic rings. The second kappa shape index (κ2) is 5.72. The fourth-order valence-corrected chi connectivity index (χ4v) is 1.83. The average Bonchev–Trinajstić information content (AvgIpc) is 2.54. The molecule has 1 fully saturated rings. The molecule has 0 aliphatic carbocycles. The van der Waals surface area contributed by atoms with Crippen LogP contribution in [0.5, 0.6) is 0 Å². The first-order valence-electron chi connectivity index (χ1n) is 5.94. The fraction of sp³-hybridized carbons (Fsp3) is 1.00. The quantitative estimate of drug-likeness (QED) is 0.687. The van der Waals surface area contributed by atoms with Crippen molar-refractivity contribution in [1.82, 2.24) is 5.32 Å². The van der Waals surface area contributed by atoms with Gasteiger partial charge in [-0.1, -0.05) is 0 Å². The minimum atomic E-state index is 0.268. The molecule has 1 heterocycles. The Bertz CT molecular complexity index is 145. The van der Waals surface area contributed by atoms with E-state index in [2.05, 4.69) is 26.1 Å². The molecular weight excluding hydrogens is 174 g/mol. The van der Waals surface area contributed by atoms with Gasteiger partial charge in [-0.15, -0.1) is 0 Å². The summed E-state index contributed by atoms with van der Waals surface area (Å²) in [6.07, 6.45) is 6.96. The molecule has 1 aliphatic rings. The number of unbranched alkanes of at least 4 members (excludes halogenated alkanes) is 1. The summed E-state index contributed by atoms with van der Waals surface area (Å²) in [4.78, 5) is 0. The summed E-state index contributed by atoms with van der Waals surface area (Å²) in [5.74, 6) is 0. The lowest BCUT2D eigenvalue weighted by Crippen LogP contribution is -2.36. The zero-order valence-electron chi connectivity index (χ0n) is 9.94. The first-order chi connectivity index (χ1) is 6.58. The van der Waals surface area contributed by atoms with Crippen molar-refractivity contribution in [2.24, 2.45) is 0 Å². The number of hydrogen-bond acceptors (Lipinski definition) is 2.